The second kappa shape index (κ2) is 5.80. The van der Waals surface area contributed by atoms with Gasteiger partial charge in [-0.3, -0.25) is 4.79 Å². The molecule has 3 nitrogen and oxygen atoms in total. The summed E-state index contributed by atoms with van der Waals surface area (Å²) < 4.78 is 0. The first-order valence-electron chi connectivity index (χ1n) is 6.75. The van der Waals surface area contributed by atoms with Crippen molar-refractivity contribution in [3.05, 3.63) is 48.2 Å². The highest BCUT2D eigenvalue weighted by Crippen LogP contribution is 2.32. The fourth-order valence-corrected chi connectivity index (χ4v) is 1.59. The number of hydrogen-bond donors (Lipinski definition) is 1. The van der Waals surface area contributed by atoms with E-state index in [1.807, 2.05) is 20.8 Å². The molecule has 1 amide bonds. The Morgan fingerprint density at radius 2 is 1.86 bits per heavy atom. The van der Waals surface area contributed by atoms with Gasteiger partial charge in [0.2, 0.25) is 5.91 Å². The zero-order chi connectivity index (χ0) is 15.5. The summed E-state index contributed by atoms with van der Waals surface area (Å²) in [5.41, 5.74) is 2.99. The monoisotopic (exact) mass is 278 g/mol. The zero-order valence-corrected chi connectivity index (χ0v) is 12.5. The van der Waals surface area contributed by atoms with E-state index in [-0.39, 0.29) is 5.91 Å². The van der Waals surface area contributed by atoms with Crippen molar-refractivity contribution < 1.29 is 4.79 Å². The lowest BCUT2D eigenvalue weighted by molar-refractivity contribution is -0.123. The molecule has 2 aliphatic rings. The normalized spacial score (nSPS) is 10.8. The summed E-state index contributed by atoms with van der Waals surface area (Å²) in [6.45, 7) is 5.50. The van der Waals surface area contributed by atoms with Gasteiger partial charge in [0.25, 0.3) is 0 Å². The Kier molecular flexibility index (Phi) is 4.09. The van der Waals surface area contributed by atoms with E-state index < -0.39 is 5.41 Å². The smallest absolute Gasteiger partial charge is 0.230 e. The molecule has 2 aliphatic carbocycles. The van der Waals surface area contributed by atoms with Gasteiger partial charge in [-0.2, -0.15) is 0 Å². The topological polar surface area (TPSA) is 42.0 Å². The minimum atomic E-state index is -0.455. The number of pyridine rings is 1. The van der Waals surface area contributed by atoms with E-state index in [1.165, 1.54) is 11.1 Å². The first kappa shape index (κ1) is 14.8. The number of hydrogen-bond acceptors (Lipinski definition) is 2. The average molecular weight is 278 g/mol. The molecule has 0 saturated carbocycles. The summed E-state index contributed by atoms with van der Waals surface area (Å²) in [4.78, 5) is 15.7. The summed E-state index contributed by atoms with van der Waals surface area (Å²) in [6.07, 6.45) is 6.89. The van der Waals surface area contributed by atoms with Crippen LogP contribution >= 0.6 is 0 Å². The molecule has 0 spiro atoms. The first-order chi connectivity index (χ1) is 9.91. The summed E-state index contributed by atoms with van der Waals surface area (Å²) >= 11 is 0. The molecule has 0 radical (unpaired) electrons. The number of nitrogens with zero attached hydrogens (tertiary/aromatic N) is 1. The van der Waals surface area contributed by atoms with Crippen LogP contribution in [0.1, 0.15) is 26.3 Å². The number of carbonyl (C=O) groups excluding carboxylic acids is 1. The lowest BCUT2D eigenvalue weighted by Gasteiger charge is -2.17. The minimum Gasteiger partial charge on any atom is -0.309 e. The fourth-order valence-electron chi connectivity index (χ4n) is 1.59. The molecule has 0 unspecified atom stereocenters. The second-order valence-electron chi connectivity index (χ2n) is 5.83. The van der Waals surface area contributed by atoms with Gasteiger partial charge >= 0.3 is 0 Å². The van der Waals surface area contributed by atoms with Gasteiger partial charge < -0.3 is 5.32 Å². The molecule has 0 fully saturated rings. The molecule has 1 aromatic rings. The zero-order valence-electron chi connectivity index (χ0n) is 12.5. The Balaban J connectivity index is 0.000000218. The Morgan fingerprint density at radius 1 is 1.19 bits per heavy atom. The lowest BCUT2D eigenvalue weighted by atomic mass is 9.95. The van der Waals surface area contributed by atoms with E-state index in [0.717, 1.165) is 0 Å². The fraction of sp³-hybridized carbons (Fsp3) is 0.222. The van der Waals surface area contributed by atoms with Crippen molar-refractivity contribution in [1.29, 1.82) is 0 Å². The molecule has 0 atom stereocenters. The number of amides is 1. The molecule has 3 rings (SSSR count). The van der Waals surface area contributed by atoms with Crippen LogP contribution in [-0.4, -0.2) is 10.9 Å². The Bertz CT molecular complexity index is 688. The van der Waals surface area contributed by atoms with Crippen molar-refractivity contribution in [3.63, 3.8) is 0 Å². The number of anilines is 1. The van der Waals surface area contributed by atoms with E-state index >= 15 is 0 Å². The van der Waals surface area contributed by atoms with Crippen LogP contribution in [0.2, 0.25) is 0 Å². The molecule has 0 aliphatic heterocycles. The van der Waals surface area contributed by atoms with Crippen LogP contribution in [0.3, 0.4) is 0 Å². The summed E-state index contributed by atoms with van der Waals surface area (Å²) in [6, 6.07) is 12.0. The molecule has 106 valence electrons. The second-order valence-corrected chi connectivity index (χ2v) is 5.83. The van der Waals surface area contributed by atoms with Crippen molar-refractivity contribution in [2.45, 2.75) is 20.8 Å². The van der Waals surface area contributed by atoms with Gasteiger partial charge in [0, 0.05) is 11.6 Å². The number of fused-ring (bicyclic) bond motifs is 1. The summed E-state index contributed by atoms with van der Waals surface area (Å²) in [5.74, 6) is 2.82. The molecular formula is C18H18N2O. The van der Waals surface area contributed by atoms with Crippen molar-refractivity contribution >= 4 is 11.7 Å². The SMILES string of the molecule is C#Cc1cccnc1NC(=O)C(C)(C)C.c1cc2cc-2c1. The highest BCUT2D eigenvalue weighted by molar-refractivity contribution is 5.94. The van der Waals surface area contributed by atoms with E-state index in [0.29, 0.717) is 11.4 Å². The lowest BCUT2D eigenvalue weighted by Crippen LogP contribution is -2.28. The maximum atomic E-state index is 11.7. The van der Waals surface area contributed by atoms with Crippen LogP contribution in [-0.2, 0) is 4.79 Å². The van der Waals surface area contributed by atoms with Gasteiger partial charge in [-0.25, -0.2) is 4.98 Å². The maximum absolute atomic E-state index is 11.7. The molecule has 0 bridgehead atoms. The number of carbonyl (C=O) groups is 1. The summed E-state index contributed by atoms with van der Waals surface area (Å²) in [5, 5.41) is 2.71. The van der Waals surface area contributed by atoms with Crippen LogP contribution in [0.15, 0.2) is 42.6 Å². The molecule has 1 heterocycles. The quantitative estimate of drug-likeness (QED) is 0.689. The van der Waals surface area contributed by atoms with Gasteiger partial charge in [0.1, 0.15) is 5.82 Å². The predicted octanol–water partition coefficient (Wildman–Crippen LogP) is 3.71. The number of terminal acetylenes is 1. The van der Waals surface area contributed by atoms with E-state index in [9.17, 15) is 4.79 Å². The molecule has 0 aromatic carbocycles. The van der Waals surface area contributed by atoms with Gasteiger partial charge in [-0.15, -0.1) is 6.42 Å². The predicted molar refractivity (Wildman–Crippen MR) is 85.7 cm³/mol. The Hall–Kier alpha value is -2.60. The van der Waals surface area contributed by atoms with Gasteiger partial charge in [-0.1, -0.05) is 44.9 Å². The maximum Gasteiger partial charge on any atom is 0.230 e. The average Bonchev–Trinajstić information content (AvgIpc) is 3.05. The number of rotatable bonds is 1. The molecule has 1 aromatic heterocycles. The third kappa shape index (κ3) is 3.93. The van der Waals surface area contributed by atoms with E-state index in [1.54, 1.807) is 18.3 Å². The van der Waals surface area contributed by atoms with E-state index in [2.05, 4.69) is 40.5 Å². The number of aromatic nitrogens is 1. The molecule has 1 N–H and O–H groups in total. The van der Waals surface area contributed by atoms with Gasteiger partial charge in [0.05, 0.1) is 5.56 Å². The summed E-state index contributed by atoms with van der Waals surface area (Å²) in [7, 11) is 0. The van der Waals surface area contributed by atoms with Crippen LogP contribution in [0.5, 0.6) is 0 Å². The van der Waals surface area contributed by atoms with Crippen molar-refractivity contribution in [3.8, 4) is 23.5 Å². The van der Waals surface area contributed by atoms with Crippen molar-refractivity contribution in [2.24, 2.45) is 5.41 Å². The molecular weight excluding hydrogens is 260 g/mol. The van der Waals surface area contributed by atoms with Crippen LogP contribution in [0.25, 0.3) is 11.1 Å². The minimum absolute atomic E-state index is 0.0994. The van der Waals surface area contributed by atoms with Crippen LogP contribution in [0.4, 0.5) is 5.82 Å². The van der Waals surface area contributed by atoms with Crippen LogP contribution < -0.4 is 5.32 Å². The molecule has 21 heavy (non-hydrogen) atoms. The van der Waals surface area contributed by atoms with Gasteiger partial charge in [0.15, 0.2) is 0 Å². The molecule has 3 heteroatoms. The van der Waals surface area contributed by atoms with Crippen molar-refractivity contribution in [2.75, 3.05) is 5.32 Å². The molecule has 0 saturated heterocycles. The standard InChI is InChI=1S/C12H14N2O.C6H4/c1-5-9-7-6-8-13-10(9)14-11(15)12(2,3)4;1-2-5-4-6(5)3-1/h1,6-8H,2-4H3,(H,13,14,15);1-4H. The Morgan fingerprint density at radius 3 is 2.29 bits per heavy atom. The van der Waals surface area contributed by atoms with Crippen molar-refractivity contribution in [1.82, 2.24) is 4.98 Å². The largest absolute Gasteiger partial charge is 0.309 e. The highest BCUT2D eigenvalue weighted by Gasteiger charge is 2.22. The van der Waals surface area contributed by atoms with Crippen LogP contribution in [0, 0.1) is 17.8 Å². The highest BCUT2D eigenvalue weighted by atomic mass is 16.2. The number of nitrogens with one attached hydrogen (secondary N) is 1. The first-order valence-corrected chi connectivity index (χ1v) is 6.75. The Labute approximate surface area is 125 Å². The van der Waals surface area contributed by atoms with Gasteiger partial charge in [-0.05, 0) is 29.3 Å². The number of benzene rings is 1. The van der Waals surface area contributed by atoms with E-state index in [4.69, 9.17) is 6.42 Å². The third-order valence-corrected chi connectivity index (χ3v) is 2.99. The third-order valence-electron chi connectivity index (χ3n) is 2.99.